The highest BCUT2D eigenvalue weighted by molar-refractivity contribution is 6.07. The second-order valence-corrected chi connectivity index (χ2v) is 4.04. The zero-order valence-electron chi connectivity index (χ0n) is 12.7. The molecule has 0 amide bonds. The lowest BCUT2D eigenvalue weighted by Gasteiger charge is -2.13. The van der Waals surface area contributed by atoms with Crippen LogP contribution in [0.5, 0.6) is 5.75 Å². The van der Waals surface area contributed by atoms with Gasteiger partial charge >= 0.3 is 11.9 Å². The highest BCUT2D eigenvalue weighted by Gasteiger charge is 2.23. The Kier molecular flexibility index (Phi) is 6.12. The van der Waals surface area contributed by atoms with E-state index in [1.807, 2.05) is 0 Å². The molecule has 22 heavy (non-hydrogen) atoms. The van der Waals surface area contributed by atoms with Crippen LogP contribution < -0.4 is 4.74 Å². The van der Waals surface area contributed by atoms with Gasteiger partial charge in [0.25, 0.3) is 0 Å². The van der Waals surface area contributed by atoms with Gasteiger partial charge in [0, 0.05) is 5.56 Å². The van der Waals surface area contributed by atoms with E-state index in [4.69, 9.17) is 9.47 Å². The van der Waals surface area contributed by atoms with Crippen LogP contribution in [0.4, 0.5) is 0 Å². The van der Waals surface area contributed by atoms with Crippen LogP contribution in [0.1, 0.15) is 27.6 Å². The lowest BCUT2D eigenvalue weighted by atomic mass is 10.0. The third kappa shape index (κ3) is 3.85. The molecule has 0 unspecified atom stereocenters. The van der Waals surface area contributed by atoms with Crippen molar-refractivity contribution in [3.05, 3.63) is 41.3 Å². The Bertz CT molecular complexity index is 616. The Balaban J connectivity index is 3.37. The summed E-state index contributed by atoms with van der Waals surface area (Å²) in [6.45, 7) is 1.30. The number of Topliss-reactive ketones (excluding diaryl/α,β-unsaturated/α-hetero) is 1. The molecule has 0 bridgehead atoms. The highest BCUT2D eigenvalue weighted by atomic mass is 16.6. The van der Waals surface area contributed by atoms with Gasteiger partial charge in [0.1, 0.15) is 17.6 Å². The topological polar surface area (TPSA) is 88.1 Å². The van der Waals surface area contributed by atoms with Crippen LogP contribution in [0.2, 0.25) is 0 Å². The molecule has 0 spiro atoms. The summed E-state index contributed by atoms with van der Waals surface area (Å²) in [5.41, 5.74) is 0.0365. The number of hydrogen-bond donors (Lipinski definition) is 0. The van der Waals surface area contributed by atoms with Gasteiger partial charge < -0.3 is 18.9 Å². The van der Waals surface area contributed by atoms with Crippen molar-refractivity contribution in [2.24, 2.45) is 0 Å². The summed E-state index contributed by atoms with van der Waals surface area (Å²) in [7, 11) is 3.66. The van der Waals surface area contributed by atoms with Crippen molar-refractivity contribution < 1.29 is 33.3 Å². The van der Waals surface area contributed by atoms with Gasteiger partial charge in [-0.1, -0.05) is 12.1 Å². The van der Waals surface area contributed by atoms with Crippen molar-refractivity contribution in [3.8, 4) is 5.75 Å². The first-order chi connectivity index (χ1) is 10.5. The molecule has 0 aromatic heterocycles. The van der Waals surface area contributed by atoms with Crippen LogP contribution in [0.25, 0.3) is 0 Å². The highest BCUT2D eigenvalue weighted by Crippen LogP contribution is 2.26. The molecule has 0 fully saturated rings. The van der Waals surface area contributed by atoms with E-state index in [0.29, 0.717) is 0 Å². The Labute approximate surface area is 127 Å². The third-order valence-corrected chi connectivity index (χ3v) is 2.63. The first-order valence-corrected chi connectivity index (χ1v) is 6.17. The largest absolute Gasteiger partial charge is 0.500 e. The van der Waals surface area contributed by atoms with Crippen LogP contribution in [0.3, 0.4) is 0 Å². The lowest BCUT2D eigenvalue weighted by molar-refractivity contribution is -0.138. The molecule has 1 aromatic rings. The number of rotatable bonds is 6. The minimum atomic E-state index is -0.800. The average Bonchev–Trinajstić information content (AvgIpc) is 2.52. The summed E-state index contributed by atoms with van der Waals surface area (Å²) in [4.78, 5) is 35.2. The van der Waals surface area contributed by atoms with Gasteiger partial charge in [-0.15, -0.1) is 0 Å². The van der Waals surface area contributed by atoms with Crippen molar-refractivity contribution in [1.29, 1.82) is 0 Å². The first-order valence-electron chi connectivity index (χ1n) is 6.17. The minimum absolute atomic E-state index is 0.0201. The molecule has 0 radical (unpaired) electrons. The predicted molar refractivity (Wildman–Crippen MR) is 75.5 cm³/mol. The smallest absolute Gasteiger partial charge is 0.377 e. The maximum absolute atomic E-state index is 11.9. The van der Waals surface area contributed by atoms with Crippen molar-refractivity contribution in [3.63, 3.8) is 0 Å². The summed E-state index contributed by atoms with van der Waals surface area (Å²) < 4.78 is 19.3. The molecule has 7 heteroatoms. The normalized spacial score (nSPS) is 10.6. The molecule has 0 heterocycles. The summed E-state index contributed by atoms with van der Waals surface area (Å²) in [5, 5.41) is 0. The quantitative estimate of drug-likeness (QED) is 0.342. The van der Waals surface area contributed by atoms with E-state index in [1.165, 1.54) is 46.5 Å². The Morgan fingerprint density at radius 2 is 1.73 bits per heavy atom. The summed E-state index contributed by atoms with van der Waals surface area (Å²) in [5.74, 6) is -2.21. The molecule has 0 N–H and O–H groups in total. The summed E-state index contributed by atoms with van der Waals surface area (Å²) in [6, 6.07) is 4.39. The van der Waals surface area contributed by atoms with Gasteiger partial charge in [-0.05, 0) is 13.0 Å². The number of methoxy groups -OCH3 is 3. The number of hydrogen-bond acceptors (Lipinski definition) is 7. The molecule has 7 nitrogen and oxygen atoms in total. The molecule has 0 aliphatic heterocycles. The maximum Gasteiger partial charge on any atom is 0.377 e. The average molecular weight is 308 g/mol. The monoisotopic (exact) mass is 308 g/mol. The van der Waals surface area contributed by atoms with Gasteiger partial charge in [-0.3, -0.25) is 4.79 Å². The number of ether oxygens (including phenoxy) is 4. The Hall–Kier alpha value is -2.83. The summed E-state index contributed by atoms with van der Waals surface area (Å²) >= 11 is 0. The maximum atomic E-state index is 11.9. The van der Waals surface area contributed by atoms with Crippen LogP contribution in [0, 0.1) is 0 Å². The van der Waals surface area contributed by atoms with Gasteiger partial charge in [0.05, 0.1) is 21.3 Å². The number of carbonyl (C=O) groups excluding carboxylic acids is 3. The van der Waals surface area contributed by atoms with Gasteiger partial charge in [0.2, 0.25) is 5.76 Å². The molecule has 0 aliphatic rings. The molecule has 1 rings (SSSR count). The fourth-order valence-corrected chi connectivity index (χ4v) is 1.66. The molecule has 1 aromatic carbocycles. The number of ketones is 1. The Morgan fingerprint density at radius 3 is 2.23 bits per heavy atom. The molecule has 118 valence electrons. The molecule has 0 atom stereocenters. The minimum Gasteiger partial charge on any atom is -0.500 e. The SMILES string of the molecule is CO/C=C(/Oc1cccc(C(C)=O)c1C(=O)OC)C(=O)OC. The van der Waals surface area contributed by atoms with E-state index in [1.54, 1.807) is 0 Å². The second kappa shape index (κ2) is 7.82. The van der Waals surface area contributed by atoms with Crippen molar-refractivity contribution in [2.75, 3.05) is 21.3 Å². The summed E-state index contributed by atoms with van der Waals surface area (Å²) in [6.07, 6.45) is 1.02. The zero-order valence-corrected chi connectivity index (χ0v) is 12.7. The zero-order chi connectivity index (χ0) is 16.7. The van der Waals surface area contributed by atoms with E-state index >= 15 is 0 Å². The fraction of sp³-hybridized carbons (Fsp3) is 0.267. The molecule has 0 saturated carbocycles. The van der Waals surface area contributed by atoms with Crippen LogP contribution in [-0.4, -0.2) is 39.1 Å². The van der Waals surface area contributed by atoms with E-state index in [0.717, 1.165) is 6.26 Å². The Morgan fingerprint density at radius 1 is 1.05 bits per heavy atom. The van der Waals surface area contributed by atoms with E-state index < -0.39 is 11.9 Å². The molecule has 0 saturated heterocycles. The fourth-order valence-electron chi connectivity index (χ4n) is 1.66. The number of esters is 2. The van der Waals surface area contributed by atoms with Gasteiger partial charge in [0.15, 0.2) is 5.78 Å². The van der Waals surface area contributed by atoms with Crippen molar-refractivity contribution in [1.82, 2.24) is 0 Å². The number of benzene rings is 1. The van der Waals surface area contributed by atoms with E-state index in [-0.39, 0.29) is 28.4 Å². The van der Waals surface area contributed by atoms with Gasteiger partial charge in [-0.25, -0.2) is 9.59 Å². The van der Waals surface area contributed by atoms with Crippen molar-refractivity contribution >= 4 is 17.7 Å². The number of carbonyl (C=O) groups is 3. The van der Waals surface area contributed by atoms with E-state index in [9.17, 15) is 14.4 Å². The van der Waals surface area contributed by atoms with Crippen LogP contribution >= 0.6 is 0 Å². The predicted octanol–water partition coefficient (Wildman–Crippen LogP) is 1.72. The standard InChI is InChI=1S/C15H16O7/c1-9(16)10-6-5-7-11(13(10)15(18)21-4)22-12(8-19-2)14(17)20-3/h5-8H,1-4H3/b12-8+. The molecular weight excluding hydrogens is 292 g/mol. The van der Waals surface area contributed by atoms with Crippen LogP contribution in [-0.2, 0) is 19.0 Å². The third-order valence-electron chi connectivity index (χ3n) is 2.63. The second-order valence-electron chi connectivity index (χ2n) is 4.04. The van der Waals surface area contributed by atoms with Crippen LogP contribution in [0.15, 0.2) is 30.2 Å². The van der Waals surface area contributed by atoms with Crippen molar-refractivity contribution in [2.45, 2.75) is 6.92 Å². The first kappa shape index (κ1) is 17.2. The molecular formula is C15H16O7. The molecule has 0 aliphatic carbocycles. The van der Waals surface area contributed by atoms with Gasteiger partial charge in [-0.2, -0.15) is 0 Å². The van der Waals surface area contributed by atoms with E-state index in [2.05, 4.69) is 9.47 Å². The lowest BCUT2D eigenvalue weighted by Crippen LogP contribution is -2.15.